The minimum absolute atomic E-state index is 0. The van der Waals surface area contributed by atoms with Crippen LogP contribution in [0.4, 0.5) is 4.79 Å². The van der Waals surface area contributed by atoms with E-state index in [1.807, 2.05) is 0 Å². The van der Waals surface area contributed by atoms with E-state index in [2.05, 4.69) is 10.3 Å². The molecule has 2 rings (SSSR count). The van der Waals surface area contributed by atoms with Gasteiger partial charge in [-0.15, -0.1) is 0 Å². The topological polar surface area (TPSA) is 116 Å². The van der Waals surface area contributed by atoms with E-state index in [1.54, 1.807) is 0 Å². The number of nitro groups is 1. The molecular weight excluding hydrogens is 190 g/mol. The zero-order chi connectivity index (χ0) is 9.42. The molecule has 0 aromatic rings. The molecule has 1 unspecified atom stereocenters. The molecule has 0 aromatic carbocycles. The summed E-state index contributed by atoms with van der Waals surface area (Å²) >= 11 is 0. The van der Waals surface area contributed by atoms with Crippen molar-refractivity contribution in [2.24, 2.45) is 4.99 Å². The zero-order valence-electron chi connectivity index (χ0n) is 6.93. The van der Waals surface area contributed by atoms with Gasteiger partial charge in [0, 0.05) is 11.0 Å². The summed E-state index contributed by atoms with van der Waals surface area (Å²) in [6.07, 6.45) is 4.23. The van der Waals surface area contributed by atoms with Gasteiger partial charge < -0.3 is 10.8 Å². The first-order valence-electron chi connectivity index (χ1n) is 3.60. The Hall–Kier alpha value is -2.02. The van der Waals surface area contributed by atoms with E-state index in [1.165, 1.54) is 18.2 Å². The molecule has 0 saturated carbocycles. The third-order valence-corrected chi connectivity index (χ3v) is 1.77. The number of nitrogens with one attached hydrogen (secondary N) is 1. The Morgan fingerprint density at radius 1 is 1.57 bits per heavy atom. The summed E-state index contributed by atoms with van der Waals surface area (Å²) in [4.78, 5) is 24.3. The molecule has 7 nitrogen and oxygen atoms in total. The number of rotatable bonds is 1. The normalized spacial score (nSPS) is 22.9. The minimum Gasteiger partial charge on any atom is -0.412 e. The van der Waals surface area contributed by atoms with Crippen molar-refractivity contribution in [2.75, 3.05) is 0 Å². The molecular formula is C7H7N3O4. The lowest BCUT2D eigenvalue weighted by atomic mass is 10.1. The van der Waals surface area contributed by atoms with Gasteiger partial charge in [0.2, 0.25) is 0 Å². The van der Waals surface area contributed by atoms with Crippen LogP contribution >= 0.6 is 0 Å². The largest absolute Gasteiger partial charge is 0.412 e. The molecule has 0 aromatic heterocycles. The molecule has 1 heterocycles. The second kappa shape index (κ2) is 3.38. The van der Waals surface area contributed by atoms with Crippen LogP contribution in [0.15, 0.2) is 28.9 Å². The second-order valence-corrected chi connectivity index (χ2v) is 2.64. The SMILES string of the molecule is O.O=C1N=C2C=CC([N+](=O)[O-])C=C2N1. The summed E-state index contributed by atoms with van der Waals surface area (Å²) in [5, 5.41) is 12.8. The van der Waals surface area contributed by atoms with E-state index in [-0.39, 0.29) is 5.48 Å². The summed E-state index contributed by atoms with van der Waals surface area (Å²) < 4.78 is 0. The summed E-state index contributed by atoms with van der Waals surface area (Å²) in [5.74, 6) is 0. The van der Waals surface area contributed by atoms with Crippen molar-refractivity contribution in [3.8, 4) is 0 Å². The number of aliphatic imine (C=N–C) groups is 1. The first-order valence-corrected chi connectivity index (χ1v) is 3.60. The number of hydrogen-bond acceptors (Lipinski definition) is 3. The van der Waals surface area contributed by atoms with Crippen molar-refractivity contribution in [1.29, 1.82) is 0 Å². The molecule has 2 amide bonds. The minimum atomic E-state index is -0.868. The number of amides is 2. The number of hydrogen-bond donors (Lipinski definition) is 1. The van der Waals surface area contributed by atoms with E-state index in [0.717, 1.165) is 0 Å². The van der Waals surface area contributed by atoms with Crippen LogP contribution < -0.4 is 5.32 Å². The van der Waals surface area contributed by atoms with Gasteiger partial charge in [-0.05, 0) is 12.2 Å². The molecule has 1 aliphatic heterocycles. The highest BCUT2D eigenvalue weighted by Crippen LogP contribution is 2.13. The van der Waals surface area contributed by atoms with Crippen molar-refractivity contribution in [2.45, 2.75) is 6.04 Å². The van der Waals surface area contributed by atoms with Crippen molar-refractivity contribution in [1.82, 2.24) is 5.32 Å². The van der Waals surface area contributed by atoms with Gasteiger partial charge in [0.25, 0.3) is 6.04 Å². The van der Waals surface area contributed by atoms with E-state index in [9.17, 15) is 14.9 Å². The molecule has 14 heavy (non-hydrogen) atoms. The second-order valence-electron chi connectivity index (χ2n) is 2.64. The molecule has 1 aliphatic carbocycles. The van der Waals surface area contributed by atoms with E-state index in [4.69, 9.17) is 0 Å². The Morgan fingerprint density at radius 2 is 2.29 bits per heavy atom. The maximum Gasteiger partial charge on any atom is 0.346 e. The van der Waals surface area contributed by atoms with Gasteiger partial charge in [0.1, 0.15) is 0 Å². The van der Waals surface area contributed by atoms with Gasteiger partial charge in [-0.3, -0.25) is 10.1 Å². The van der Waals surface area contributed by atoms with Crippen LogP contribution in [0, 0.1) is 10.1 Å². The summed E-state index contributed by atoms with van der Waals surface area (Å²) in [6.45, 7) is 0. The fraction of sp³-hybridized carbons (Fsp3) is 0.143. The van der Waals surface area contributed by atoms with Crippen LogP contribution in [0.3, 0.4) is 0 Å². The van der Waals surface area contributed by atoms with Crippen LogP contribution in [0.25, 0.3) is 0 Å². The summed E-state index contributed by atoms with van der Waals surface area (Å²) in [7, 11) is 0. The molecule has 7 heteroatoms. The number of urea groups is 1. The van der Waals surface area contributed by atoms with Crippen molar-refractivity contribution >= 4 is 11.7 Å². The summed E-state index contributed by atoms with van der Waals surface area (Å²) in [5.41, 5.74) is 0.886. The van der Waals surface area contributed by atoms with E-state index >= 15 is 0 Å². The number of carbonyl (C=O) groups is 1. The highest BCUT2D eigenvalue weighted by Gasteiger charge is 2.26. The Balaban J connectivity index is 0.000000980. The smallest absolute Gasteiger partial charge is 0.346 e. The number of fused-ring (bicyclic) bond motifs is 1. The van der Waals surface area contributed by atoms with Crippen LogP contribution in [0.5, 0.6) is 0 Å². The first-order chi connectivity index (χ1) is 6.16. The maximum atomic E-state index is 10.7. The van der Waals surface area contributed by atoms with Gasteiger partial charge >= 0.3 is 6.03 Å². The lowest BCUT2D eigenvalue weighted by Gasteiger charge is -2.06. The molecule has 0 spiro atoms. The lowest BCUT2D eigenvalue weighted by molar-refractivity contribution is -0.496. The van der Waals surface area contributed by atoms with Gasteiger partial charge in [-0.25, -0.2) is 4.79 Å². The Kier molecular flexibility index (Phi) is 2.43. The Morgan fingerprint density at radius 3 is 2.93 bits per heavy atom. The van der Waals surface area contributed by atoms with E-state index in [0.29, 0.717) is 11.4 Å². The van der Waals surface area contributed by atoms with Gasteiger partial charge in [-0.1, -0.05) is 0 Å². The molecule has 74 valence electrons. The molecule has 3 N–H and O–H groups in total. The van der Waals surface area contributed by atoms with Crippen molar-refractivity contribution < 1.29 is 15.2 Å². The molecule has 0 fully saturated rings. The van der Waals surface area contributed by atoms with Gasteiger partial charge in [0.15, 0.2) is 0 Å². The van der Waals surface area contributed by atoms with Gasteiger partial charge in [0.05, 0.1) is 11.4 Å². The highest BCUT2D eigenvalue weighted by atomic mass is 16.6. The predicted molar refractivity (Wildman–Crippen MR) is 47.6 cm³/mol. The average molecular weight is 197 g/mol. The highest BCUT2D eigenvalue weighted by molar-refractivity contribution is 6.18. The molecule has 0 bridgehead atoms. The fourth-order valence-corrected chi connectivity index (χ4v) is 1.18. The Bertz CT molecular complexity index is 382. The molecule has 1 atom stereocenters. The molecule has 0 saturated heterocycles. The lowest BCUT2D eigenvalue weighted by Crippen LogP contribution is -2.23. The number of allylic oxidation sites excluding steroid dienone is 1. The number of nitrogens with zero attached hydrogens (tertiary/aromatic N) is 2. The van der Waals surface area contributed by atoms with Crippen molar-refractivity contribution in [3.63, 3.8) is 0 Å². The Labute approximate surface area is 78.3 Å². The van der Waals surface area contributed by atoms with E-state index < -0.39 is 17.0 Å². The third-order valence-electron chi connectivity index (χ3n) is 1.77. The predicted octanol–water partition coefficient (Wildman–Crippen LogP) is -0.575. The molecule has 0 radical (unpaired) electrons. The maximum absolute atomic E-state index is 10.7. The fourth-order valence-electron chi connectivity index (χ4n) is 1.18. The third kappa shape index (κ3) is 1.52. The van der Waals surface area contributed by atoms with Crippen LogP contribution in [-0.4, -0.2) is 28.2 Å². The van der Waals surface area contributed by atoms with Crippen LogP contribution in [0.1, 0.15) is 0 Å². The number of carbonyl (C=O) groups excluding carboxylic acids is 1. The van der Waals surface area contributed by atoms with Crippen LogP contribution in [0.2, 0.25) is 0 Å². The van der Waals surface area contributed by atoms with Crippen LogP contribution in [-0.2, 0) is 0 Å². The first kappa shape index (κ1) is 10.1. The average Bonchev–Trinajstić information content (AvgIpc) is 2.42. The molecule has 2 aliphatic rings. The summed E-state index contributed by atoms with van der Waals surface area (Å²) in [6, 6.07) is -1.35. The quantitative estimate of drug-likeness (QED) is 0.447. The monoisotopic (exact) mass is 197 g/mol. The standard InChI is InChI=1S/C7H5N3O3.H2O/c11-7-8-5-2-1-4(10(12)13)3-6(5)9-7;/h1-4H,(H,9,11);1H2. The van der Waals surface area contributed by atoms with Crippen molar-refractivity contribution in [3.05, 3.63) is 34.0 Å². The van der Waals surface area contributed by atoms with Gasteiger partial charge in [-0.2, -0.15) is 4.99 Å². The zero-order valence-corrected chi connectivity index (χ0v) is 6.93.